The van der Waals surface area contributed by atoms with Crippen LogP contribution in [0.4, 0.5) is 5.69 Å². The number of nitrogens with zero attached hydrogens (tertiary/aromatic N) is 1. The predicted molar refractivity (Wildman–Crippen MR) is 56.7 cm³/mol. The maximum absolute atomic E-state index is 10.8. The van der Waals surface area contributed by atoms with E-state index >= 15 is 0 Å². The zero-order chi connectivity index (χ0) is 12.0. The fourth-order valence-electron chi connectivity index (χ4n) is 1.90. The van der Waals surface area contributed by atoms with E-state index in [1.54, 1.807) is 36.2 Å². The van der Waals surface area contributed by atoms with Gasteiger partial charge in [0, 0.05) is 18.3 Å². The van der Waals surface area contributed by atoms with Gasteiger partial charge in [-0.3, -0.25) is 0 Å². The molecule has 0 amide bonds. The first-order valence-corrected chi connectivity index (χ1v) is 6.14. The molecule has 1 aromatic carbocycles. The van der Waals surface area contributed by atoms with Crippen molar-refractivity contribution in [3.63, 3.8) is 0 Å². The molecule has 0 bridgehead atoms. The van der Waals surface area contributed by atoms with Crippen molar-refractivity contribution in [3.05, 3.63) is 29.8 Å². The van der Waals surface area contributed by atoms with Crippen molar-refractivity contribution >= 4 is 13.5 Å². The van der Waals surface area contributed by atoms with Gasteiger partial charge in [0.15, 0.2) is 0 Å². The number of aliphatic hydroxyl groups is 1. The summed E-state index contributed by atoms with van der Waals surface area (Å²) in [7, 11) is -3.03. The Hall–Kier alpha value is -0.910. The Kier molecular flexibility index (Phi) is 2.57. The minimum absolute atomic E-state index is 0.0164. The van der Waals surface area contributed by atoms with Crippen LogP contribution in [0.2, 0.25) is 0 Å². The molecule has 1 unspecified atom stereocenters. The van der Waals surface area contributed by atoms with Crippen molar-refractivity contribution in [2.75, 3.05) is 18.5 Å². The summed E-state index contributed by atoms with van der Waals surface area (Å²) in [5.74, 6) is -1.95. The topological polar surface area (TPSA) is 90.2 Å². The highest BCUT2D eigenvalue weighted by Crippen LogP contribution is 2.49. The normalized spacial score (nSPS) is 24.6. The van der Waals surface area contributed by atoms with Crippen molar-refractivity contribution in [1.82, 2.24) is 0 Å². The van der Waals surface area contributed by atoms with Crippen LogP contribution in [0, 0.1) is 0 Å². The third kappa shape index (κ3) is 1.98. The molecule has 1 aliphatic heterocycles. The molecule has 0 radical (unpaired) electrons. The van der Waals surface area contributed by atoms with Crippen LogP contribution in [0.25, 0.3) is 0 Å². The molecule has 6 nitrogen and oxygen atoms in total. The van der Waals surface area contributed by atoms with E-state index in [0.29, 0.717) is 11.3 Å². The van der Waals surface area contributed by atoms with Gasteiger partial charge in [0.05, 0.1) is 6.54 Å². The minimum Gasteiger partial charge on any atom is -0.368 e. The second-order valence-electron chi connectivity index (χ2n) is 3.74. The van der Waals surface area contributed by atoms with Gasteiger partial charge in [0.2, 0.25) is 5.79 Å². The molecular weight excluding hydrogens is 233 g/mol. The molecule has 0 aliphatic carbocycles. The number of anilines is 1. The fourth-order valence-corrected chi connectivity index (χ4v) is 2.45. The van der Waals surface area contributed by atoms with Gasteiger partial charge < -0.3 is 19.8 Å². The molecule has 7 heteroatoms. The summed E-state index contributed by atoms with van der Waals surface area (Å²) in [4.78, 5) is 19.2. The smallest absolute Gasteiger partial charge is 0.368 e. The summed E-state index contributed by atoms with van der Waals surface area (Å²) in [5.41, 5.74) is 1.05. The third-order valence-corrected chi connectivity index (χ3v) is 3.00. The Morgan fingerprint density at radius 1 is 1.44 bits per heavy atom. The first kappa shape index (κ1) is 11.6. The first-order chi connectivity index (χ1) is 7.32. The Labute approximate surface area is 92.3 Å². The number of benzene rings is 1. The van der Waals surface area contributed by atoms with Crippen LogP contribution in [0.5, 0.6) is 0 Å². The number of hydrogen-bond donors (Lipinski definition) is 3. The van der Waals surface area contributed by atoms with E-state index in [9.17, 15) is 9.67 Å². The van der Waals surface area contributed by atoms with Gasteiger partial charge in [-0.2, -0.15) is 0 Å². The number of para-hydroxylation sites is 1. The number of phosphoric ester groups is 1. The minimum atomic E-state index is -4.74. The number of fused-ring (bicyclic) bond motifs is 1. The quantitative estimate of drug-likeness (QED) is 0.516. The number of phosphoric acid groups is 1. The lowest BCUT2D eigenvalue weighted by Gasteiger charge is -2.23. The largest absolute Gasteiger partial charge is 0.472 e. The average Bonchev–Trinajstić information content (AvgIpc) is 2.37. The molecule has 0 saturated carbocycles. The SMILES string of the molecule is CN1CC(O)(OP(=O)(O)O)c2ccccc21. The van der Waals surface area contributed by atoms with E-state index in [1.807, 2.05) is 0 Å². The van der Waals surface area contributed by atoms with Crippen LogP contribution in [0.3, 0.4) is 0 Å². The molecule has 16 heavy (non-hydrogen) atoms. The van der Waals surface area contributed by atoms with Gasteiger partial charge >= 0.3 is 7.82 Å². The Morgan fingerprint density at radius 3 is 2.69 bits per heavy atom. The van der Waals surface area contributed by atoms with Crippen LogP contribution in [-0.4, -0.2) is 28.5 Å². The molecule has 1 heterocycles. The Bertz CT molecular complexity index is 459. The van der Waals surface area contributed by atoms with E-state index in [0.717, 1.165) is 0 Å². The molecular formula is C9H12NO5P. The molecule has 0 spiro atoms. The molecule has 1 aromatic rings. The molecule has 0 fully saturated rings. The van der Waals surface area contributed by atoms with Crippen molar-refractivity contribution in [2.24, 2.45) is 0 Å². The maximum atomic E-state index is 10.8. The van der Waals surface area contributed by atoms with Gasteiger partial charge in [-0.15, -0.1) is 0 Å². The van der Waals surface area contributed by atoms with E-state index in [1.165, 1.54) is 0 Å². The van der Waals surface area contributed by atoms with Crippen molar-refractivity contribution in [1.29, 1.82) is 0 Å². The van der Waals surface area contributed by atoms with Gasteiger partial charge in [-0.1, -0.05) is 18.2 Å². The molecule has 2 rings (SSSR count). The van der Waals surface area contributed by atoms with Crippen LogP contribution in [0.15, 0.2) is 24.3 Å². The molecule has 88 valence electrons. The summed E-state index contributed by atoms with van der Waals surface area (Å²) in [6, 6.07) is 6.77. The molecule has 3 N–H and O–H groups in total. The van der Waals surface area contributed by atoms with Crippen molar-refractivity contribution < 1.29 is 24.0 Å². The van der Waals surface area contributed by atoms with Crippen LogP contribution in [-0.2, 0) is 14.9 Å². The van der Waals surface area contributed by atoms with Gasteiger partial charge in [0.25, 0.3) is 0 Å². The summed E-state index contributed by atoms with van der Waals surface area (Å²) in [5, 5.41) is 10.1. The monoisotopic (exact) mass is 245 g/mol. The Balaban J connectivity index is 2.43. The number of rotatable bonds is 2. The van der Waals surface area contributed by atoms with Crippen molar-refractivity contribution in [3.8, 4) is 0 Å². The van der Waals surface area contributed by atoms with E-state index < -0.39 is 13.6 Å². The lowest BCUT2D eigenvalue weighted by Crippen LogP contribution is -2.33. The molecule has 1 atom stereocenters. The number of likely N-dealkylation sites (N-methyl/N-ethyl adjacent to an activating group) is 1. The Morgan fingerprint density at radius 2 is 2.06 bits per heavy atom. The third-order valence-electron chi connectivity index (χ3n) is 2.46. The zero-order valence-electron chi connectivity index (χ0n) is 8.57. The lowest BCUT2D eigenvalue weighted by atomic mass is 10.1. The van der Waals surface area contributed by atoms with E-state index in [-0.39, 0.29) is 6.54 Å². The van der Waals surface area contributed by atoms with E-state index in [4.69, 9.17) is 9.79 Å². The van der Waals surface area contributed by atoms with Gasteiger partial charge in [-0.05, 0) is 6.07 Å². The maximum Gasteiger partial charge on any atom is 0.472 e. The second-order valence-corrected chi connectivity index (χ2v) is 4.90. The van der Waals surface area contributed by atoms with Crippen LogP contribution >= 0.6 is 7.82 Å². The highest BCUT2D eigenvalue weighted by Gasteiger charge is 2.45. The predicted octanol–water partition coefficient (Wildman–Crippen LogP) is 0.391. The number of hydrogen-bond acceptors (Lipinski definition) is 4. The second kappa shape index (κ2) is 3.55. The highest BCUT2D eigenvalue weighted by molar-refractivity contribution is 7.46. The summed E-state index contributed by atoms with van der Waals surface area (Å²) in [6.45, 7) is -0.0164. The fraction of sp³-hybridized carbons (Fsp3) is 0.333. The first-order valence-electron chi connectivity index (χ1n) is 4.61. The molecule has 1 aliphatic rings. The molecule has 0 aromatic heterocycles. The van der Waals surface area contributed by atoms with Crippen molar-refractivity contribution in [2.45, 2.75) is 5.79 Å². The van der Waals surface area contributed by atoms with E-state index in [2.05, 4.69) is 4.52 Å². The lowest BCUT2D eigenvalue weighted by molar-refractivity contribution is -0.142. The number of β-amino-alcohol motifs (C(OH)–C–C–N with tert-alkyl or cyclic N) is 1. The molecule has 0 saturated heterocycles. The standard InChI is InChI=1S/C9H12NO5P/c1-10-6-9(11,15-16(12,13)14)7-4-2-3-5-8(7)10/h2-5,11H,6H2,1H3,(H2,12,13,14). The zero-order valence-corrected chi connectivity index (χ0v) is 9.46. The van der Waals surface area contributed by atoms with Crippen LogP contribution < -0.4 is 4.90 Å². The van der Waals surface area contributed by atoms with Crippen LogP contribution in [0.1, 0.15) is 5.56 Å². The van der Waals surface area contributed by atoms with Gasteiger partial charge in [-0.25, -0.2) is 9.09 Å². The highest BCUT2D eigenvalue weighted by atomic mass is 31.2. The van der Waals surface area contributed by atoms with Gasteiger partial charge in [0.1, 0.15) is 0 Å². The average molecular weight is 245 g/mol. The summed E-state index contributed by atoms with van der Waals surface area (Å²) in [6.07, 6.45) is 0. The summed E-state index contributed by atoms with van der Waals surface area (Å²) >= 11 is 0. The summed E-state index contributed by atoms with van der Waals surface area (Å²) < 4.78 is 15.3.